The molecular weight excluding hydrogens is 368 g/mol. The third-order valence-electron chi connectivity index (χ3n) is 5.03. The van der Waals surface area contributed by atoms with E-state index in [0.29, 0.717) is 19.4 Å². The summed E-state index contributed by atoms with van der Waals surface area (Å²) in [6, 6.07) is -1.18. The van der Waals surface area contributed by atoms with E-state index >= 15 is 0 Å². The van der Waals surface area contributed by atoms with Crippen LogP contribution in [0.2, 0.25) is 0 Å². The molecule has 0 aromatic carbocycles. The second-order valence-corrected chi connectivity index (χ2v) is 7.28. The summed E-state index contributed by atoms with van der Waals surface area (Å²) in [4.78, 5) is 48.6. The van der Waals surface area contributed by atoms with Crippen LogP contribution in [0.3, 0.4) is 0 Å². The van der Waals surface area contributed by atoms with Crippen molar-refractivity contribution in [3.63, 3.8) is 0 Å². The Labute approximate surface area is 164 Å². The summed E-state index contributed by atoms with van der Waals surface area (Å²) in [5.74, 6) is -2.54. The van der Waals surface area contributed by atoms with Crippen molar-refractivity contribution in [3.05, 3.63) is 0 Å². The highest BCUT2D eigenvalue weighted by Crippen LogP contribution is 2.17. The first kappa shape index (κ1) is 22.1. The highest BCUT2D eigenvalue weighted by molar-refractivity contribution is 5.84. The molecule has 2 atom stereocenters. The first-order valence-electron chi connectivity index (χ1n) is 9.74. The highest BCUT2D eigenvalue weighted by Gasteiger charge is 2.30. The molecule has 0 aromatic heterocycles. The molecule has 2 rings (SSSR count). The minimum atomic E-state index is -1.22. The van der Waals surface area contributed by atoms with Crippen molar-refractivity contribution in [3.8, 4) is 0 Å². The second kappa shape index (κ2) is 11.0. The maximum absolute atomic E-state index is 12.4. The molecule has 0 unspecified atom stereocenters. The van der Waals surface area contributed by atoms with E-state index in [-0.39, 0.29) is 37.6 Å². The number of piperidine rings is 2. The number of aliphatic carboxylic acids is 1. The van der Waals surface area contributed by atoms with E-state index in [4.69, 9.17) is 9.84 Å². The molecule has 10 heteroatoms. The number of carbonyl (C=O) groups is 4. The quantitative estimate of drug-likeness (QED) is 0.399. The largest absolute Gasteiger partial charge is 0.480 e. The number of ether oxygens (including phenoxy) is 1. The van der Waals surface area contributed by atoms with E-state index < -0.39 is 23.8 Å². The molecule has 28 heavy (non-hydrogen) atoms. The van der Waals surface area contributed by atoms with Gasteiger partial charge in [-0.15, -0.1) is 0 Å². The molecule has 2 aliphatic heterocycles. The van der Waals surface area contributed by atoms with E-state index in [1.165, 1.54) is 6.92 Å². The molecule has 10 nitrogen and oxygen atoms in total. The maximum atomic E-state index is 12.4. The maximum Gasteiger partial charge on any atom is 0.328 e. The molecule has 2 heterocycles. The molecule has 4 N–H and O–H groups in total. The average molecular weight is 398 g/mol. The average Bonchev–Trinajstić information content (AvgIpc) is 2.69. The Bertz CT molecular complexity index is 578. The molecule has 2 fully saturated rings. The Morgan fingerprint density at radius 3 is 2.57 bits per heavy atom. The van der Waals surface area contributed by atoms with Crippen molar-refractivity contribution in [2.45, 2.75) is 44.8 Å². The fourth-order valence-electron chi connectivity index (χ4n) is 3.45. The predicted octanol–water partition coefficient (Wildman–Crippen LogP) is -1.30. The van der Waals surface area contributed by atoms with Gasteiger partial charge in [-0.1, -0.05) is 0 Å². The number of hydrogen-bond acceptors (Lipinski definition) is 6. The monoisotopic (exact) mass is 398 g/mol. The first-order chi connectivity index (χ1) is 13.4. The van der Waals surface area contributed by atoms with E-state index in [2.05, 4.69) is 16.0 Å². The number of likely N-dealkylation sites (tertiary alicyclic amines) is 1. The van der Waals surface area contributed by atoms with E-state index in [1.807, 2.05) is 0 Å². The number of nitrogens with one attached hydrogen (secondary N) is 3. The normalized spacial score (nSPS) is 21.6. The fourth-order valence-corrected chi connectivity index (χ4v) is 3.45. The molecule has 0 spiro atoms. The van der Waals surface area contributed by atoms with Gasteiger partial charge in [0.1, 0.15) is 12.6 Å². The van der Waals surface area contributed by atoms with E-state index in [0.717, 1.165) is 25.9 Å². The van der Waals surface area contributed by atoms with Gasteiger partial charge in [0.25, 0.3) is 0 Å². The molecule has 0 aliphatic carbocycles. The number of amides is 3. The van der Waals surface area contributed by atoms with Gasteiger partial charge in [-0.05, 0) is 38.8 Å². The van der Waals surface area contributed by atoms with E-state index in [1.54, 1.807) is 4.90 Å². The second-order valence-electron chi connectivity index (χ2n) is 7.28. The van der Waals surface area contributed by atoms with Gasteiger partial charge in [0.05, 0.1) is 12.0 Å². The van der Waals surface area contributed by atoms with Crippen LogP contribution in [0.1, 0.15) is 32.6 Å². The fraction of sp³-hybridized carbons (Fsp3) is 0.778. The van der Waals surface area contributed by atoms with Crippen molar-refractivity contribution >= 4 is 23.7 Å². The zero-order chi connectivity index (χ0) is 20.5. The van der Waals surface area contributed by atoms with E-state index in [9.17, 15) is 19.2 Å². The van der Waals surface area contributed by atoms with Gasteiger partial charge < -0.3 is 30.7 Å². The van der Waals surface area contributed by atoms with Crippen LogP contribution in [0, 0.1) is 5.92 Å². The summed E-state index contributed by atoms with van der Waals surface area (Å²) < 4.78 is 5.70. The zero-order valence-corrected chi connectivity index (χ0v) is 16.2. The van der Waals surface area contributed by atoms with Crippen LogP contribution in [0.5, 0.6) is 0 Å². The lowest BCUT2D eigenvalue weighted by molar-refractivity contribution is -0.142. The lowest BCUT2D eigenvalue weighted by atomic mass is 9.97. The van der Waals surface area contributed by atoms with Crippen LogP contribution in [0.4, 0.5) is 0 Å². The smallest absolute Gasteiger partial charge is 0.328 e. The highest BCUT2D eigenvalue weighted by atomic mass is 16.5. The lowest BCUT2D eigenvalue weighted by Gasteiger charge is -2.33. The zero-order valence-electron chi connectivity index (χ0n) is 16.2. The predicted molar refractivity (Wildman–Crippen MR) is 99.4 cm³/mol. The van der Waals surface area contributed by atoms with Gasteiger partial charge in [-0.3, -0.25) is 14.4 Å². The van der Waals surface area contributed by atoms with Crippen molar-refractivity contribution in [1.29, 1.82) is 0 Å². The first-order valence-corrected chi connectivity index (χ1v) is 9.74. The summed E-state index contributed by atoms with van der Waals surface area (Å²) in [6.45, 7) is 3.69. The topological polar surface area (TPSA) is 137 Å². The van der Waals surface area contributed by atoms with Crippen molar-refractivity contribution in [2.24, 2.45) is 5.92 Å². The summed E-state index contributed by atoms with van der Waals surface area (Å²) >= 11 is 0. The summed E-state index contributed by atoms with van der Waals surface area (Å²) in [5, 5.41) is 17.2. The standard InChI is InChI=1S/C18H30N4O6/c1-12(23)21-15(18(26)27)9-20-17(25)13-3-2-8-22(10-13)16(24)11-28-14-4-6-19-7-5-14/h13-15,19H,2-11H2,1H3,(H,20,25)(H,21,23)(H,26,27)/t13-,15+/m1/s1. The van der Waals surface area contributed by atoms with Gasteiger partial charge in [-0.25, -0.2) is 4.79 Å². The molecule has 0 aromatic rings. The van der Waals surface area contributed by atoms with Gasteiger partial charge in [-0.2, -0.15) is 0 Å². The van der Waals surface area contributed by atoms with Crippen LogP contribution < -0.4 is 16.0 Å². The molecule has 0 saturated carbocycles. The Morgan fingerprint density at radius 2 is 1.93 bits per heavy atom. The molecule has 3 amide bonds. The number of carboxylic acid groups (broad SMARTS) is 1. The number of carboxylic acids is 1. The minimum absolute atomic E-state index is 0.0165. The number of hydrogen-bond donors (Lipinski definition) is 4. The minimum Gasteiger partial charge on any atom is -0.480 e. The molecule has 0 radical (unpaired) electrons. The summed E-state index contributed by atoms with van der Waals surface area (Å²) in [5.41, 5.74) is 0. The Kier molecular flexibility index (Phi) is 8.65. The number of carbonyl (C=O) groups excluding carboxylic acids is 3. The van der Waals surface area contributed by atoms with Crippen molar-refractivity contribution < 1.29 is 29.0 Å². The number of nitrogens with zero attached hydrogens (tertiary/aromatic N) is 1. The molecule has 0 bridgehead atoms. The Morgan fingerprint density at radius 1 is 1.21 bits per heavy atom. The van der Waals surface area contributed by atoms with Gasteiger partial charge >= 0.3 is 5.97 Å². The number of rotatable bonds is 8. The molecule has 158 valence electrons. The molecular formula is C18H30N4O6. The van der Waals surface area contributed by atoms with Crippen LogP contribution in [0.25, 0.3) is 0 Å². The third kappa shape index (κ3) is 7.08. The van der Waals surface area contributed by atoms with Gasteiger partial charge in [0, 0.05) is 26.6 Å². The molecule has 2 saturated heterocycles. The Hall–Kier alpha value is -2.20. The van der Waals surface area contributed by atoms with Crippen LogP contribution in [-0.2, 0) is 23.9 Å². The van der Waals surface area contributed by atoms with Crippen LogP contribution >= 0.6 is 0 Å². The lowest BCUT2D eigenvalue weighted by Crippen LogP contribution is -2.51. The summed E-state index contributed by atoms with van der Waals surface area (Å²) in [6.07, 6.45) is 3.19. The van der Waals surface area contributed by atoms with Crippen LogP contribution in [-0.4, -0.2) is 85.2 Å². The van der Waals surface area contributed by atoms with Crippen molar-refractivity contribution in [2.75, 3.05) is 39.3 Å². The molecule has 2 aliphatic rings. The SMILES string of the molecule is CC(=O)N[C@@H](CNC(=O)[C@@H]1CCCN(C(=O)COC2CCNCC2)C1)C(=O)O. The Balaban J connectivity index is 1.77. The van der Waals surface area contributed by atoms with Gasteiger partial charge in [0.2, 0.25) is 17.7 Å². The van der Waals surface area contributed by atoms with Crippen molar-refractivity contribution in [1.82, 2.24) is 20.9 Å². The summed E-state index contributed by atoms with van der Waals surface area (Å²) in [7, 11) is 0. The van der Waals surface area contributed by atoms with Gasteiger partial charge in [0.15, 0.2) is 0 Å². The van der Waals surface area contributed by atoms with Crippen LogP contribution in [0.15, 0.2) is 0 Å². The third-order valence-corrected chi connectivity index (χ3v) is 5.03.